The van der Waals surface area contributed by atoms with E-state index in [9.17, 15) is 0 Å². The normalized spacial score (nSPS) is 16.6. The highest BCUT2D eigenvalue weighted by Crippen LogP contribution is 2.08. The molecule has 0 amide bonds. The van der Waals surface area contributed by atoms with Crippen LogP contribution in [0.4, 0.5) is 0 Å². The third-order valence-corrected chi connectivity index (χ3v) is 2.17. The summed E-state index contributed by atoms with van der Waals surface area (Å²) in [4.78, 5) is 0. The molecule has 0 unspecified atom stereocenters. The standard InChI is InChI=1S/C11H13N.ClH/c1-2-4-10(5-3-1)6-7-11-8-12-9-11;/h1-7,11-12H,8-9H2;1H/b7-6+;. The van der Waals surface area contributed by atoms with E-state index in [4.69, 9.17) is 0 Å². The van der Waals surface area contributed by atoms with Gasteiger partial charge in [0, 0.05) is 19.0 Å². The van der Waals surface area contributed by atoms with Crippen LogP contribution in [0.2, 0.25) is 0 Å². The summed E-state index contributed by atoms with van der Waals surface area (Å²) in [5, 5.41) is 3.25. The maximum Gasteiger partial charge on any atom is 0.00267 e. The van der Waals surface area contributed by atoms with E-state index in [-0.39, 0.29) is 12.4 Å². The van der Waals surface area contributed by atoms with Gasteiger partial charge < -0.3 is 5.32 Å². The van der Waals surface area contributed by atoms with Crippen molar-refractivity contribution in [2.45, 2.75) is 0 Å². The zero-order chi connectivity index (χ0) is 8.23. The molecule has 0 bridgehead atoms. The van der Waals surface area contributed by atoms with Crippen molar-refractivity contribution in [3.05, 3.63) is 42.0 Å². The molecule has 0 aliphatic carbocycles. The Morgan fingerprint density at radius 2 is 1.85 bits per heavy atom. The third kappa shape index (κ3) is 2.87. The predicted octanol–water partition coefficient (Wildman–Crippen LogP) is 2.34. The first-order valence-corrected chi connectivity index (χ1v) is 4.39. The van der Waals surface area contributed by atoms with Crippen molar-refractivity contribution in [3.8, 4) is 0 Å². The van der Waals surface area contributed by atoms with E-state index < -0.39 is 0 Å². The quantitative estimate of drug-likeness (QED) is 0.764. The summed E-state index contributed by atoms with van der Waals surface area (Å²) in [5.41, 5.74) is 1.30. The lowest BCUT2D eigenvalue weighted by Crippen LogP contribution is -2.40. The van der Waals surface area contributed by atoms with Gasteiger partial charge in [-0.15, -0.1) is 12.4 Å². The highest BCUT2D eigenvalue weighted by atomic mass is 35.5. The van der Waals surface area contributed by atoms with Gasteiger partial charge in [-0.05, 0) is 5.56 Å². The molecule has 1 N–H and O–H groups in total. The molecule has 2 rings (SSSR count). The molecule has 1 fully saturated rings. The van der Waals surface area contributed by atoms with Crippen molar-refractivity contribution in [3.63, 3.8) is 0 Å². The van der Waals surface area contributed by atoms with Gasteiger partial charge >= 0.3 is 0 Å². The number of halogens is 1. The number of nitrogens with one attached hydrogen (secondary N) is 1. The van der Waals surface area contributed by atoms with Gasteiger partial charge in [-0.3, -0.25) is 0 Å². The molecule has 1 aliphatic heterocycles. The Morgan fingerprint density at radius 1 is 1.15 bits per heavy atom. The summed E-state index contributed by atoms with van der Waals surface area (Å²) in [7, 11) is 0. The number of rotatable bonds is 2. The van der Waals surface area contributed by atoms with E-state index in [0.717, 1.165) is 19.0 Å². The van der Waals surface area contributed by atoms with Crippen molar-refractivity contribution >= 4 is 18.5 Å². The van der Waals surface area contributed by atoms with Crippen molar-refractivity contribution in [1.29, 1.82) is 0 Å². The van der Waals surface area contributed by atoms with Crippen LogP contribution in [0, 0.1) is 5.92 Å². The molecule has 1 saturated heterocycles. The average Bonchev–Trinajstić information content (AvgIpc) is 2.04. The van der Waals surface area contributed by atoms with Gasteiger partial charge in [0.15, 0.2) is 0 Å². The molecule has 1 aliphatic rings. The maximum atomic E-state index is 3.25. The summed E-state index contributed by atoms with van der Waals surface area (Å²) in [5.74, 6) is 0.755. The smallest absolute Gasteiger partial charge is 0.00267 e. The first kappa shape index (κ1) is 10.3. The fourth-order valence-electron chi connectivity index (χ4n) is 1.26. The van der Waals surface area contributed by atoms with E-state index in [0.29, 0.717) is 0 Å². The molecule has 0 saturated carbocycles. The van der Waals surface area contributed by atoms with Crippen LogP contribution in [0.25, 0.3) is 6.08 Å². The van der Waals surface area contributed by atoms with Gasteiger partial charge in [-0.1, -0.05) is 42.5 Å². The molecule has 1 aromatic rings. The maximum absolute atomic E-state index is 3.25. The van der Waals surface area contributed by atoms with Crippen LogP contribution in [-0.2, 0) is 0 Å². The summed E-state index contributed by atoms with van der Waals surface area (Å²) >= 11 is 0. The summed E-state index contributed by atoms with van der Waals surface area (Å²) in [6, 6.07) is 10.4. The molecule has 1 aromatic carbocycles. The average molecular weight is 196 g/mol. The van der Waals surface area contributed by atoms with Crippen molar-refractivity contribution in [1.82, 2.24) is 5.32 Å². The van der Waals surface area contributed by atoms with Crippen molar-refractivity contribution < 1.29 is 0 Å². The SMILES string of the molecule is C(=C\C1CNC1)/c1ccccc1.Cl. The van der Waals surface area contributed by atoms with E-state index in [1.54, 1.807) is 0 Å². The van der Waals surface area contributed by atoms with Crippen LogP contribution in [0.5, 0.6) is 0 Å². The van der Waals surface area contributed by atoms with Gasteiger partial charge in [-0.2, -0.15) is 0 Å². The monoisotopic (exact) mass is 195 g/mol. The van der Waals surface area contributed by atoms with E-state index in [1.807, 2.05) is 6.07 Å². The second-order valence-electron chi connectivity index (χ2n) is 3.19. The molecule has 0 aromatic heterocycles. The first-order valence-electron chi connectivity index (χ1n) is 4.39. The fraction of sp³-hybridized carbons (Fsp3) is 0.273. The minimum absolute atomic E-state index is 0. The molecular formula is C11H14ClN. The lowest BCUT2D eigenvalue weighted by molar-refractivity contribution is 0.420. The Bertz CT molecular complexity index is 265. The van der Waals surface area contributed by atoms with Gasteiger partial charge in [0.25, 0.3) is 0 Å². The van der Waals surface area contributed by atoms with Gasteiger partial charge in [-0.25, -0.2) is 0 Å². The molecular weight excluding hydrogens is 182 g/mol. The van der Waals surface area contributed by atoms with Gasteiger partial charge in [0.05, 0.1) is 0 Å². The second kappa shape index (κ2) is 5.05. The Kier molecular flexibility index (Phi) is 4.00. The summed E-state index contributed by atoms with van der Waals surface area (Å²) in [6.07, 6.45) is 4.48. The molecule has 1 nitrogen and oxygen atoms in total. The Hall–Kier alpha value is -0.790. The summed E-state index contributed by atoms with van der Waals surface area (Å²) < 4.78 is 0. The van der Waals surface area contributed by atoms with Crippen LogP contribution >= 0.6 is 12.4 Å². The molecule has 13 heavy (non-hydrogen) atoms. The molecule has 0 spiro atoms. The fourth-order valence-corrected chi connectivity index (χ4v) is 1.26. The molecule has 1 heterocycles. The second-order valence-corrected chi connectivity index (χ2v) is 3.19. The van der Waals surface area contributed by atoms with Crippen LogP contribution in [0.3, 0.4) is 0 Å². The van der Waals surface area contributed by atoms with E-state index in [2.05, 4.69) is 41.7 Å². The van der Waals surface area contributed by atoms with Gasteiger partial charge in [0.2, 0.25) is 0 Å². The van der Waals surface area contributed by atoms with Crippen LogP contribution in [0.15, 0.2) is 36.4 Å². The van der Waals surface area contributed by atoms with Crippen LogP contribution < -0.4 is 5.32 Å². The number of hydrogen-bond acceptors (Lipinski definition) is 1. The predicted molar refractivity (Wildman–Crippen MR) is 59.1 cm³/mol. The molecule has 2 heteroatoms. The Morgan fingerprint density at radius 3 is 2.38 bits per heavy atom. The van der Waals surface area contributed by atoms with Crippen molar-refractivity contribution in [2.75, 3.05) is 13.1 Å². The van der Waals surface area contributed by atoms with Gasteiger partial charge in [0.1, 0.15) is 0 Å². The zero-order valence-electron chi connectivity index (χ0n) is 7.44. The minimum atomic E-state index is 0. The lowest BCUT2D eigenvalue weighted by atomic mass is 10.0. The number of benzene rings is 1. The van der Waals surface area contributed by atoms with Crippen LogP contribution in [-0.4, -0.2) is 13.1 Å². The van der Waals surface area contributed by atoms with E-state index >= 15 is 0 Å². The van der Waals surface area contributed by atoms with Crippen LogP contribution in [0.1, 0.15) is 5.56 Å². The lowest BCUT2D eigenvalue weighted by Gasteiger charge is -2.23. The Labute approximate surface area is 85.3 Å². The largest absolute Gasteiger partial charge is 0.315 e. The molecule has 0 atom stereocenters. The minimum Gasteiger partial charge on any atom is -0.315 e. The number of hydrogen-bond donors (Lipinski definition) is 1. The summed E-state index contributed by atoms with van der Waals surface area (Å²) in [6.45, 7) is 2.28. The third-order valence-electron chi connectivity index (χ3n) is 2.17. The Balaban J connectivity index is 0.000000845. The topological polar surface area (TPSA) is 12.0 Å². The molecule has 70 valence electrons. The van der Waals surface area contributed by atoms with E-state index in [1.165, 1.54) is 5.56 Å². The first-order chi connectivity index (χ1) is 5.95. The van der Waals surface area contributed by atoms with Crippen molar-refractivity contribution in [2.24, 2.45) is 5.92 Å². The highest BCUT2D eigenvalue weighted by Gasteiger charge is 2.11. The molecule has 0 radical (unpaired) electrons. The highest BCUT2D eigenvalue weighted by molar-refractivity contribution is 5.85. The zero-order valence-corrected chi connectivity index (χ0v) is 8.26.